The van der Waals surface area contributed by atoms with Crippen molar-refractivity contribution in [1.82, 2.24) is 16.0 Å². The second-order valence-electron chi connectivity index (χ2n) is 4.48. The second kappa shape index (κ2) is 6.07. The Morgan fingerprint density at radius 3 is 2.76 bits per heavy atom. The van der Waals surface area contributed by atoms with Gasteiger partial charge in [-0.05, 0) is 26.1 Å². The summed E-state index contributed by atoms with van der Waals surface area (Å²) in [6.45, 7) is 6.04. The predicted octanol–water partition coefficient (Wildman–Crippen LogP) is -0.138. The van der Waals surface area contributed by atoms with E-state index in [9.17, 15) is 4.79 Å². The largest absolute Gasteiger partial charge is 0.366 e. The lowest BCUT2D eigenvalue weighted by Crippen LogP contribution is -2.41. The molecule has 0 saturated heterocycles. The summed E-state index contributed by atoms with van der Waals surface area (Å²) in [5.74, 6) is 0.156. The molecule has 1 atom stereocenters. The Balaban J connectivity index is 2.19. The molecule has 0 saturated carbocycles. The van der Waals surface area contributed by atoms with E-state index in [-0.39, 0.29) is 11.3 Å². The first-order valence-corrected chi connectivity index (χ1v) is 6.14. The summed E-state index contributed by atoms with van der Waals surface area (Å²) in [6, 6.07) is 0. The van der Waals surface area contributed by atoms with Crippen molar-refractivity contribution in [3.8, 4) is 0 Å². The van der Waals surface area contributed by atoms with Crippen LogP contribution in [0.3, 0.4) is 0 Å². The number of nitrogens with zero attached hydrogens (tertiary/aromatic N) is 1. The van der Waals surface area contributed by atoms with Crippen LogP contribution in [-0.4, -0.2) is 48.8 Å². The number of aliphatic imine (C=N–C) groups is 1. The molecule has 0 radical (unpaired) electrons. The zero-order valence-electron chi connectivity index (χ0n) is 10.6. The van der Waals surface area contributed by atoms with Gasteiger partial charge >= 0.3 is 0 Å². The standard InChI is InChI=1S/C11H20N4OS/c1-8-9(16)6-11(2,15-8)7-13-4-5-14-10(17)12-3/h13H,4-7H2,1-3H3,(H2,12,14,17). The maximum absolute atomic E-state index is 11.4. The first-order chi connectivity index (χ1) is 7.97. The van der Waals surface area contributed by atoms with E-state index in [0.29, 0.717) is 23.8 Å². The van der Waals surface area contributed by atoms with Crippen LogP contribution in [0.25, 0.3) is 0 Å². The molecule has 0 spiro atoms. The minimum absolute atomic E-state index is 0.156. The molecule has 0 amide bonds. The van der Waals surface area contributed by atoms with Gasteiger partial charge in [-0.15, -0.1) is 0 Å². The summed E-state index contributed by atoms with van der Waals surface area (Å²) < 4.78 is 0. The summed E-state index contributed by atoms with van der Waals surface area (Å²) in [5.41, 5.74) is 0.369. The minimum Gasteiger partial charge on any atom is -0.366 e. The number of thiocarbonyl (C=S) groups is 1. The summed E-state index contributed by atoms with van der Waals surface area (Å²) in [4.78, 5) is 15.8. The van der Waals surface area contributed by atoms with E-state index in [1.807, 2.05) is 6.92 Å². The minimum atomic E-state index is -0.273. The molecular formula is C11H20N4OS. The van der Waals surface area contributed by atoms with Crippen molar-refractivity contribution in [2.75, 3.05) is 26.7 Å². The normalized spacial score (nSPS) is 23.5. The highest BCUT2D eigenvalue weighted by molar-refractivity contribution is 7.80. The van der Waals surface area contributed by atoms with Crippen molar-refractivity contribution >= 4 is 28.8 Å². The molecule has 0 aromatic heterocycles. The van der Waals surface area contributed by atoms with E-state index < -0.39 is 0 Å². The third kappa shape index (κ3) is 4.40. The maximum Gasteiger partial charge on any atom is 0.178 e. The molecule has 17 heavy (non-hydrogen) atoms. The molecule has 1 aliphatic heterocycles. The average molecular weight is 256 g/mol. The van der Waals surface area contributed by atoms with E-state index in [2.05, 4.69) is 20.9 Å². The number of nitrogens with one attached hydrogen (secondary N) is 3. The molecule has 0 aromatic carbocycles. The van der Waals surface area contributed by atoms with Gasteiger partial charge in [-0.1, -0.05) is 0 Å². The molecular weight excluding hydrogens is 236 g/mol. The van der Waals surface area contributed by atoms with Gasteiger partial charge in [-0.3, -0.25) is 9.79 Å². The molecule has 0 aromatic rings. The van der Waals surface area contributed by atoms with Gasteiger partial charge in [-0.2, -0.15) is 0 Å². The van der Waals surface area contributed by atoms with Crippen molar-refractivity contribution in [2.24, 2.45) is 4.99 Å². The molecule has 1 rings (SSSR count). The maximum atomic E-state index is 11.4. The van der Waals surface area contributed by atoms with Crippen molar-refractivity contribution in [1.29, 1.82) is 0 Å². The lowest BCUT2D eigenvalue weighted by molar-refractivity contribution is -0.113. The Kier molecular flexibility index (Phi) is 5.02. The fraction of sp³-hybridized carbons (Fsp3) is 0.727. The first kappa shape index (κ1) is 14.1. The molecule has 5 nitrogen and oxygen atoms in total. The summed E-state index contributed by atoms with van der Waals surface area (Å²) >= 11 is 4.95. The lowest BCUT2D eigenvalue weighted by Gasteiger charge is -2.20. The van der Waals surface area contributed by atoms with Gasteiger partial charge in [0.25, 0.3) is 0 Å². The van der Waals surface area contributed by atoms with Gasteiger partial charge in [0.1, 0.15) is 0 Å². The fourth-order valence-electron chi connectivity index (χ4n) is 1.79. The Labute approximate surface area is 107 Å². The van der Waals surface area contributed by atoms with Crippen LogP contribution in [0.2, 0.25) is 0 Å². The molecule has 1 aliphatic rings. The van der Waals surface area contributed by atoms with E-state index in [1.54, 1.807) is 14.0 Å². The summed E-state index contributed by atoms with van der Waals surface area (Å²) in [5, 5.41) is 9.81. The van der Waals surface area contributed by atoms with Crippen LogP contribution in [0.4, 0.5) is 0 Å². The Bertz CT molecular complexity index is 342. The van der Waals surface area contributed by atoms with Gasteiger partial charge in [0.05, 0.1) is 11.3 Å². The van der Waals surface area contributed by atoms with Crippen LogP contribution in [0.1, 0.15) is 20.3 Å². The summed E-state index contributed by atoms with van der Waals surface area (Å²) in [6.07, 6.45) is 0.508. The van der Waals surface area contributed by atoms with Crippen molar-refractivity contribution in [3.05, 3.63) is 0 Å². The van der Waals surface area contributed by atoms with Crippen LogP contribution < -0.4 is 16.0 Å². The van der Waals surface area contributed by atoms with Gasteiger partial charge in [0.15, 0.2) is 10.9 Å². The summed E-state index contributed by atoms with van der Waals surface area (Å²) in [7, 11) is 1.78. The average Bonchev–Trinajstić information content (AvgIpc) is 2.52. The van der Waals surface area contributed by atoms with Crippen LogP contribution in [0.15, 0.2) is 4.99 Å². The van der Waals surface area contributed by atoms with Gasteiger partial charge in [0.2, 0.25) is 0 Å². The zero-order chi connectivity index (χ0) is 12.9. The highest BCUT2D eigenvalue weighted by Gasteiger charge is 2.33. The molecule has 6 heteroatoms. The highest BCUT2D eigenvalue weighted by atomic mass is 32.1. The number of rotatable bonds is 5. The highest BCUT2D eigenvalue weighted by Crippen LogP contribution is 2.21. The molecule has 0 fully saturated rings. The van der Waals surface area contributed by atoms with Crippen molar-refractivity contribution < 1.29 is 4.79 Å². The van der Waals surface area contributed by atoms with E-state index in [4.69, 9.17) is 12.2 Å². The van der Waals surface area contributed by atoms with E-state index in [1.165, 1.54) is 0 Å². The SMILES string of the molecule is CNC(=S)NCCNCC1(C)CC(=O)C(C)=N1. The smallest absolute Gasteiger partial charge is 0.178 e. The van der Waals surface area contributed by atoms with Crippen LogP contribution >= 0.6 is 12.2 Å². The molecule has 1 unspecified atom stereocenters. The van der Waals surface area contributed by atoms with Gasteiger partial charge < -0.3 is 16.0 Å². The van der Waals surface area contributed by atoms with Gasteiger partial charge in [0, 0.05) is 33.1 Å². The number of ketones is 1. The Morgan fingerprint density at radius 1 is 1.53 bits per heavy atom. The quantitative estimate of drug-likeness (QED) is 0.472. The monoisotopic (exact) mass is 256 g/mol. The molecule has 0 bridgehead atoms. The Hall–Kier alpha value is -1.01. The van der Waals surface area contributed by atoms with Crippen molar-refractivity contribution in [2.45, 2.75) is 25.8 Å². The lowest BCUT2D eigenvalue weighted by atomic mass is 9.99. The number of carbonyl (C=O) groups excluding carboxylic acids is 1. The molecule has 1 heterocycles. The van der Waals surface area contributed by atoms with Crippen LogP contribution in [-0.2, 0) is 4.79 Å². The molecule has 3 N–H and O–H groups in total. The number of carbonyl (C=O) groups is 1. The number of Topliss-reactive ketones (excluding diaryl/α,β-unsaturated/α-hetero) is 1. The fourth-order valence-corrected chi connectivity index (χ4v) is 1.90. The Morgan fingerprint density at radius 2 is 2.24 bits per heavy atom. The van der Waals surface area contributed by atoms with Crippen LogP contribution in [0.5, 0.6) is 0 Å². The first-order valence-electron chi connectivity index (χ1n) is 5.73. The van der Waals surface area contributed by atoms with Crippen molar-refractivity contribution in [3.63, 3.8) is 0 Å². The van der Waals surface area contributed by atoms with Gasteiger partial charge in [-0.25, -0.2) is 0 Å². The third-order valence-corrected chi connectivity index (χ3v) is 3.05. The number of hydrogen-bond donors (Lipinski definition) is 3. The third-order valence-electron chi connectivity index (χ3n) is 2.70. The van der Waals surface area contributed by atoms with Crippen LogP contribution in [0, 0.1) is 0 Å². The zero-order valence-corrected chi connectivity index (χ0v) is 11.4. The topological polar surface area (TPSA) is 65.5 Å². The predicted molar refractivity (Wildman–Crippen MR) is 73.7 cm³/mol. The van der Waals surface area contributed by atoms with E-state index in [0.717, 1.165) is 13.1 Å². The number of hydrogen-bond acceptors (Lipinski definition) is 4. The van der Waals surface area contributed by atoms with E-state index >= 15 is 0 Å². The second-order valence-corrected chi connectivity index (χ2v) is 4.89. The molecule has 0 aliphatic carbocycles. The molecule has 96 valence electrons.